The highest BCUT2D eigenvalue weighted by molar-refractivity contribution is 7.52. The number of hydrogen-bond donors (Lipinski definition) is 4. The van der Waals surface area contributed by atoms with Gasteiger partial charge in [-0.3, -0.25) is 18.9 Å². The summed E-state index contributed by atoms with van der Waals surface area (Å²) in [7, 11) is -2.77. The Bertz CT molecular complexity index is 1470. The number of hydrogen-bond acceptors (Lipinski definition) is 13. The van der Waals surface area contributed by atoms with Crippen LogP contribution in [0.4, 0.5) is 5.82 Å². The first-order valence-electron chi connectivity index (χ1n) is 13.0. The average molecular weight is 628 g/mol. The largest absolute Gasteiger partial charge is 0.462 e. The maximum absolute atomic E-state index is 14.0. The molecule has 0 aliphatic carbocycles. The minimum absolute atomic E-state index is 0.131. The lowest BCUT2D eigenvalue weighted by Crippen LogP contribution is -2.48. The van der Waals surface area contributed by atoms with Crippen LogP contribution in [-0.4, -0.2) is 78.8 Å². The molecule has 230 valence electrons. The molecule has 1 aliphatic heterocycles. The number of hydrazine groups is 1. The number of fused-ring (bicyclic) bond motifs is 1. The molecule has 5 N–H and O–H groups in total. The van der Waals surface area contributed by atoms with E-state index in [9.17, 15) is 19.6 Å². The molecule has 0 amide bonds. The summed E-state index contributed by atoms with van der Waals surface area (Å²) >= 11 is 5.96. The molecule has 1 aliphatic rings. The van der Waals surface area contributed by atoms with Gasteiger partial charge in [-0.2, -0.15) is 5.09 Å². The predicted molar refractivity (Wildman–Crippen MR) is 153 cm³/mol. The number of anilines is 1. The fraction of sp³-hybridized carbons (Fsp3) is 0.520. The average Bonchev–Trinajstić information content (AvgIpc) is 3.41. The van der Waals surface area contributed by atoms with Crippen molar-refractivity contribution in [3.63, 3.8) is 0 Å². The first-order valence-corrected chi connectivity index (χ1v) is 14.9. The summed E-state index contributed by atoms with van der Waals surface area (Å²) in [6, 6.07) is 6.00. The number of ether oxygens (including phenoxy) is 2. The highest BCUT2D eigenvalue weighted by Crippen LogP contribution is 2.48. The zero-order valence-corrected chi connectivity index (χ0v) is 25.6. The summed E-state index contributed by atoms with van der Waals surface area (Å²) in [4.78, 5) is 25.4. The summed E-state index contributed by atoms with van der Waals surface area (Å²) in [6.45, 7) is 7.14. The van der Waals surface area contributed by atoms with Crippen molar-refractivity contribution >= 4 is 42.3 Å². The third-order valence-electron chi connectivity index (χ3n) is 6.40. The first kappa shape index (κ1) is 32.0. The monoisotopic (exact) mass is 627 g/mol. The summed E-state index contributed by atoms with van der Waals surface area (Å²) in [5.74, 6) is 5.61. The number of imidazole rings is 1. The van der Waals surface area contributed by atoms with E-state index >= 15 is 0 Å². The lowest BCUT2D eigenvalue weighted by atomic mass is 9.96. The topological polar surface area (TPSA) is 196 Å². The van der Waals surface area contributed by atoms with Gasteiger partial charge in [0, 0.05) is 12.1 Å². The van der Waals surface area contributed by atoms with Crippen molar-refractivity contribution in [1.29, 1.82) is 0 Å². The number of carbonyl (C=O) groups excluding carboxylic acids is 1. The van der Waals surface area contributed by atoms with Crippen LogP contribution in [0.3, 0.4) is 0 Å². The van der Waals surface area contributed by atoms with Crippen LogP contribution in [0.25, 0.3) is 11.2 Å². The van der Waals surface area contributed by atoms with Crippen LogP contribution in [0.2, 0.25) is 5.02 Å². The number of aromatic nitrogens is 4. The number of halogens is 1. The quantitative estimate of drug-likeness (QED) is 0.105. The van der Waals surface area contributed by atoms with Gasteiger partial charge in [-0.1, -0.05) is 11.6 Å². The first-order chi connectivity index (χ1) is 19.5. The van der Waals surface area contributed by atoms with Gasteiger partial charge in [-0.05, 0) is 58.9 Å². The Morgan fingerprint density at radius 1 is 1.31 bits per heavy atom. The molecule has 5 atom stereocenters. The summed E-state index contributed by atoms with van der Waals surface area (Å²) in [5.41, 5.74) is -2.74. The molecule has 15 nitrogen and oxygen atoms in total. The fourth-order valence-electron chi connectivity index (χ4n) is 4.28. The van der Waals surface area contributed by atoms with Crippen molar-refractivity contribution in [1.82, 2.24) is 24.6 Å². The number of aliphatic hydroxyl groups is 2. The fourth-order valence-corrected chi connectivity index (χ4v) is 6.09. The molecule has 4 rings (SSSR count). The number of carbonyl (C=O) groups is 1. The maximum atomic E-state index is 14.0. The van der Waals surface area contributed by atoms with Crippen LogP contribution in [0.1, 0.15) is 40.8 Å². The molecule has 1 fully saturated rings. The lowest BCUT2D eigenvalue weighted by molar-refractivity contribution is -0.153. The van der Waals surface area contributed by atoms with Crippen LogP contribution >= 0.6 is 19.3 Å². The lowest BCUT2D eigenvalue weighted by Gasteiger charge is -2.30. The van der Waals surface area contributed by atoms with Gasteiger partial charge in [-0.15, -0.1) is 0 Å². The van der Waals surface area contributed by atoms with Gasteiger partial charge < -0.3 is 24.2 Å². The summed E-state index contributed by atoms with van der Waals surface area (Å²) < 4.78 is 38.2. The Morgan fingerprint density at radius 2 is 1.98 bits per heavy atom. The molecular weight excluding hydrogens is 593 g/mol. The molecular formula is C25H35ClN7O8P. The van der Waals surface area contributed by atoms with Gasteiger partial charge in [0.1, 0.15) is 35.4 Å². The van der Waals surface area contributed by atoms with E-state index in [1.807, 2.05) is 0 Å². The van der Waals surface area contributed by atoms with E-state index in [1.54, 1.807) is 20.9 Å². The van der Waals surface area contributed by atoms with Gasteiger partial charge in [0.25, 0.3) is 0 Å². The number of benzene rings is 1. The molecule has 2 aromatic heterocycles. The predicted octanol–water partition coefficient (Wildman–Crippen LogP) is 2.32. The SMILES string of the molecule is CC(C)OC(=O)C(C)(C)NP(=O)(OCC1OC(n2cnc3c(N(C)N)ncnc32)[C@](C)(O)[C@@H]1O)Oc1ccc(Cl)cc1. The van der Waals surface area contributed by atoms with Crippen molar-refractivity contribution in [2.24, 2.45) is 5.84 Å². The second kappa shape index (κ2) is 12.0. The molecule has 0 saturated carbocycles. The van der Waals surface area contributed by atoms with E-state index in [2.05, 4.69) is 20.0 Å². The second-order valence-corrected chi connectivity index (χ2v) is 13.0. The Morgan fingerprint density at radius 3 is 2.60 bits per heavy atom. The molecule has 3 heterocycles. The van der Waals surface area contributed by atoms with Crippen LogP contribution in [0, 0.1) is 0 Å². The number of esters is 1. The van der Waals surface area contributed by atoms with Gasteiger partial charge in [-0.25, -0.2) is 25.4 Å². The van der Waals surface area contributed by atoms with Crippen molar-refractivity contribution in [3.05, 3.63) is 41.9 Å². The normalized spacial score (nSPS) is 24.1. The summed E-state index contributed by atoms with van der Waals surface area (Å²) in [6.07, 6.45) is -1.67. The van der Waals surface area contributed by atoms with Gasteiger partial charge >= 0.3 is 13.7 Å². The minimum Gasteiger partial charge on any atom is -0.462 e. The van der Waals surface area contributed by atoms with Crippen molar-refractivity contribution in [2.75, 3.05) is 18.7 Å². The Balaban J connectivity index is 1.59. The number of nitrogens with zero attached hydrogens (tertiary/aromatic N) is 5. The van der Waals surface area contributed by atoms with Crippen molar-refractivity contribution < 1.29 is 38.1 Å². The molecule has 42 heavy (non-hydrogen) atoms. The smallest absolute Gasteiger partial charge is 0.459 e. The van der Waals surface area contributed by atoms with E-state index in [-0.39, 0.29) is 5.75 Å². The third-order valence-corrected chi connectivity index (χ3v) is 8.42. The number of nitrogens with one attached hydrogen (secondary N) is 1. The van der Waals surface area contributed by atoms with Crippen LogP contribution in [-0.2, 0) is 23.4 Å². The van der Waals surface area contributed by atoms with Gasteiger partial charge in [0.05, 0.1) is 19.0 Å². The van der Waals surface area contributed by atoms with Crippen molar-refractivity contribution in [2.45, 2.75) is 70.3 Å². The summed E-state index contributed by atoms with van der Waals surface area (Å²) in [5, 5.41) is 26.7. The van der Waals surface area contributed by atoms with Crippen LogP contribution in [0.15, 0.2) is 36.9 Å². The van der Waals surface area contributed by atoms with E-state index < -0.39 is 56.0 Å². The van der Waals surface area contributed by atoms with Gasteiger partial charge in [0.15, 0.2) is 23.2 Å². The van der Waals surface area contributed by atoms with E-state index in [0.29, 0.717) is 22.0 Å². The highest BCUT2D eigenvalue weighted by Gasteiger charge is 2.54. The zero-order valence-electron chi connectivity index (χ0n) is 24.0. The molecule has 1 saturated heterocycles. The number of nitrogens with two attached hydrogens (primary N) is 1. The maximum Gasteiger partial charge on any atom is 0.459 e. The van der Waals surface area contributed by atoms with Gasteiger partial charge in [0.2, 0.25) is 0 Å². The molecule has 3 unspecified atom stereocenters. The Labute approximate surface area is 247 Å². The van der Waals surface area contributed by atoms with E-state index in [4.69, 9.17) is 36.0 Å². The van der Waals surface area contributed by atoms with Crippen LogP contribution < -0.4 is 20.5 Å². The molecule has 0 bridgehead atoms. The number of rotatable bonds is 11. The van der Waals surface area contributed by atoms with E-state index in [1.165, 1.54) is 67.3 Å². The third kappa shape index (κ3) is 6.68. The molecule has 3 aromatic rings. The molecule has 0 radical (unpaired) electrons. The Hall–Kier alpha value is -2.88. The minimum atomic E-state index is -4.36. The standard InChI is InChI=1S/C25H35ClN7O8P/c1-14(2)39-23(35)24(3,4)31-42(37,41-16-9-7-15(26)8-10-16)38-11-17-19(34)25(5,36)22(40-17)33-13-30-18-20(32(6)27)28-12-29-21(18)33/h7-10,12-14,17,19,22,34,36H,11,27H2,1-6H3,(H,31,37)/t17?,19-,22?,25-,42?/m1/s1. The second-order valence-electron chi connectivity index (χ2n) is 10.9. The van der Waals surface area contributed by atoms with E-state index in [0.717, 1.165) is 0 Å². The highest BCUT2D eigenvalue weighted by atomic mass is 35.5. The molecule has 0 spiro atoms. The zero-order chi connectivity index (χ0) is 31.0. The molecule has 1 aromatic carbocycles. The van der Waals surface area contributed by atoms with Crippen molar-refractivity contribution in [3.8, 4) is 5.75 Å². The Kier molecular flexibility index (Phi) is 9.17. The number of aliphatic hydroxyl groups excluding tert-OH is 1. The molecule has 17 heteroatoms. The van der Waals surface area contributed by atoms with Crippen LogP contribution in [0.5, 0.6) is 5.75 Å².